The second-order valence-electron chi connectivity index (χ2n) is 5.23. The van der Waals surface area contributed by atoms with Gasteiger partial charge in [0.2, 0.25) is 0 Å². The van der Waals surface area contributed by atoms with E-state index in [0.717, 1.165) is 0 Å². The molecular weight excluding hydrogens is 286 g/mol. The molecule has 0 aliphatic carbocycles. The van der Waals surface area contributed by atoms with E-state index in [0.29, 0.717) is 0 Å². The number of aliphatic imine (C=N–C) groups is 1. The van der Waals surface area contributed by atoms with Crippen molar-refractivity contribution in [3.8, 4) is 0 Å². The maximum atomic E-state index is 9.88. The molecule has 0 bridgehead atoms. The highest BCUT2D eigenvalue weighted by Crippen LogP contribution is 2.26. The van der Waals surface area contributed by atoms with Crippen molar-refractivity contribution < 1.29 is 40.1 Å². The maximum absolute atomic E-state index is 9.88. The Bertz CT molecular complexity index is 365. The average Bonchev–Trinajstić information content (AvgIpc) is 2.49. The first-order valence-corrected chi connectivity index (χ1v) is 6.74. The zero-order valence-corrected chi connectivity index (χ0v) is 11.3. The molecule has 2 aliphatic rings. The minimum Gasteiger partial charge on any atom is -0.396 e. The van der Waals surface area contributed by atoms with Crippen LogP contribution >= 0.6 is 0 Å². The van der Waals surface area contributed by atoms with E-state index in [9.17, 15) is 25.5 Å². The second-order valence-corrected chi connectivity index (χ2v) is 5.23. The summed E-state index contributed by atoms with van der Waals surface area (Å²) in [6.07, 6.45) is -7.45. The van der Waals surface area contributed by atoms with Gasteiger partial charge in [0.25, 0.3) is 0 Å². The Balaban J connectivity index is 2.08. The molecule has 1 fully saturated rings. The number of ether oxygens (including phenoxy) is 2. The van der Waals surface area contributed by atoms with Crippen molar-refractivity contribution in [1.29, 1.82) is 0 Å². The van der Waals surface area contributed by atoms with Gasteiger partial charge in [0.05, 0.1) is 25.9 Å². The summed E-state index contributed by atoms with van der Waals surface area (Å²) in [6.45, 7) is -0.801. The van der Waals surface area contributed by atoms with Crippen LogP contribution in [0.3, 0.4) is 0 Å². The minimum absolute atomic E-state index is 0.0819. The molecule has 8 atom stereocenters. The van der Waals surface area contributed by atoms with Crippen molar-refractivity contribution >= 4 is 6.21 Å². The van der Waals surface area contributed by atoms with Crippen LogP contribution < -0.4 is 0 Å². The maximum Gasteiger partial charge on any atom is 0.187 e. The van der Waals surface area contributed by atoms with E-state index in [1.807, 2.05) is 0 Å². The molecule has 2 aliphatic heterocycles. The van der Waals surface area contributed by atoms with Gasteiger partial charge in [-0.25, -0.2) is 0 Å². The van der Waals surface area contributed by atoms with E-state index in [2.05, 4.69) is 4.99 Å². The molecule has 1 saturated heterocycles. The van der Waals surface area contributed by atoms with Crippen molar-refractivity contribution in [3.63, 3.8) is 0 Å². The largest absolute Gasteiger partial charge is 0.396 e. The predicted molar refractivity (Wildman–Crippen MR) is 68.6 cm³/mol. The monoisotopic (exact) mass is 307 g/mol. The molecule has 0 spiro atoms. The third-order valence-electron chi connectivity index (χ3n) is 3.74. The van der Waals surface area contributed by atoms with Gasteiger partial charge < -0.3 is 40.1 Å². The molecule has 0 aromatic heterocycles. The standard InChI is InChI=1S/C12H21NO8/c14-3-5-1-13-2-6(16)11(5)21-12-10(19)9(18)8(17)7(4-15)20-12/h1,5-12,14-19H,2-4H2/t5-,6-,7-,8-,9+,10-,11-,12+/m1/s1. The van der Waals surface area contributed by atoms with Crippen LogP contribution in [0.15, 0.2) is 4.99 Å². The van der Waals surface area contributed by atoms with Crippen LogP contribution in [0.4, 0.5) is 0 Å². The van der Waals surface area contributed by atoms with Crippen LogP contribution in [-0.4, -0.2) is 99.5 Å². The number of aliphatic hydroxyl groups excluding tert-OH is 6. The Kier molecular flexibility index (Phi) is 5.63. The van der Waals surface area contributed by atoms with E-state index in [1.165, 1.54) is 6.21 Å². The Morgan fingerprint density at radius 2 is 1.76 bits per heavy atom. The van der Waals surface area contributed by atoms with Crippen molar-refractivity contribution in [2.24, 2.45) is 10.9 Å². The van der Waals surface area contributed by atoms with E-state index in [-0.39, 0.29) is 13.2 Å². The summed E-state index contributed by atoms with van der Waals surface area (Å²) in [5.74, 6) is -0.582. The predicted octanol–water partition coefficient (Wildman–Crippen LogP) is -3.77. The molecule has 6 N–H and O–H groups in total. The number of aliphatic hydroxyl groups is 6. The molecule has 0 unspecified atom stereocenters. The third-order valence-corrected chi connectivity index (χ3v) is 3.74. The van der Waals surface area contributed by atoms with E-state index in [4.69, 9.17) is 14.6 Å². The lowest BCUT2D eigenvalue weighted by Crippen LogP contribution is -2.61. The van der Waals surface area contributed by atoms with Gasteiger partial charge in [0, 0.05) is 12.1 Å². The van der Waals surface area contributed by atoms with Gasteiger partial charge in [-0.05, 0) is 0 Å². The third kappa shape index (κ3) is 3.41. The first-order valence-electron chi connectivity index (χ1n) is 6.74. The van der Waals surface area contributed by atoms with Gasteiger partial charge in [-0.2, -0.15) is 0 Å². The zero-order valence-electron chi connectivity index (χ0n) is 11.3. The van der Waals surface area contributed by atoms with Crippen molar-refractivity contribution in [1.82, 2.24) is 0 Å². The molecule has 0 radical (unpaired) electrons. The average molecular weight is 307 g/mol. The first kappa shape index (κ1) is 16.7. The normalized spacial score (nSPS) is 47.5. The Morgan fingerprint density at radius 3 is 2.38 bits per heavy atom. The van der Waals surface area contributed by atoms with Gasteiger partial charge in [0.1, 0.15) is 30.5 Å². The summed E-state index contributed by atoms with van der Waals surface area (Å²) in [6, 6.07) is 0. The molecule has 9 heteroatoms. The molecule has 2 rings (SSSR count). The fraction of sp³-hybridized carbons (Fsp3) is 0.917. The highest BCUT2D eigenvalue weighted by atomic mass is 16.7. The SMILES string of the molecule is OC[C@H]1C=NC[C@@H](O)[C@@H]1O[C@@H]1O[C@H](CO)[C@@H](O)[C@H](O)[C@H]1O. The smallest absolute Gasteiger partial charge is 0.187 e. The van der Waals surface area contributed by atoms with Crippen molar-refractivity contribution in [2.75, 3.05) is 19.8 Å². The lowest BCUT2D eigenvalue weighted by Gasteiger charge is -2.42. The molecule has 122 valence electrons. The summed E-state index contributed by atoms with van der Waals surface area (Å²) < 4.78 is 10.7. The van der Waals surface area contributed by atoms with Crippen LogP contribution in [-0.2, 0) is 9.47 Å². The van der Waals surface area contributed by atoms with Crippen LogP contribution in [0.25, 0.3) is 0 Å². The van der Waals surface area contributed by atoms with Crippen LogP contribution in [0.1, 0.15) is 0 Å². The molecule has 9 nitrogen and oxygen atoms in total. The quantitative estimate of drug-likeness (QED) is 0.309. The number of hydrogen-bond acceptors (Lipinski definition) is 9. The Labute approximate surface area is 121 Å². The fourth-order valence-corrected chi connectivity index (χ4v) is 2.46. The Morgan fingerprint density at radius 1 is 1.05 bits per heavy atom. The highest BCUT2D eigenvalue weighted by Gasteiger charge is 2.46. The second kappa shape index (κ2) is 7.07. The molecule has 2 heterocycles. The van der Waals surface area contributed by atoms with E-state index in [1.54, 1.807) is 0 Å². The molecule has 0 saturated carbocycles. The minimum atomic E-state index is -1.55. The molecular formula is C12H21NO8. The van der Waals surface area contributed by atoms with Crippen LogP contribution in [0.2, 0.25) is 0 Å². The van der Waals surface area contributed by atoms with Crippen molar-refractivity contribution in [3.05, 3.63) is 0 Å². The summed E-state index contributed by atoms with van der Waals surface area (Å²) >= 11 is 0. The molecule has 0 aromatic carbocycles. The van der Waals surface area contributed by atoms with Crippen molar-refractivity contribution in [2.45, 2.75) is 42.9 Å². The lowest BCUT2D eigenvalue weighted by atomic mass is 9.95. The van der Waals surface area contributed by atoms with Gasteiger partial charge in [-0.3, -0.25) is 4.99 Å². The molecule has 21 heavy (non-hydrogen) atoms. The topological polar surface area (TPSA) is 152 Å². The fourth-order valence-electron chi connectivity index (χ4n) is 2.46. The number of hydrogen-bond donors (Lipinski definition) is 6. The highest BCUT2D eigenvalue weighted by molar-refractivity contribution is 5.63. The Hall–Kier alpha value is -0.650. The van der Waals surface area contributed by atoms with Crippen LogP contribution in [0, 0.1) is 5.92 Å². The lowest BCUT2D eigenvalue weighted by molar-refractivity contribution is -0.319. The molecule has 0 amide bonds. The first-order chi connectivity index (χ1) is 9.99. The summed E-state index contributed by atoms with van der Waals surface area (Å²) in [7, 11) is 0. The van der Waals surface area contributed by atoms with Crippen LogP contribution in [0.5, 0.6) is 0 Å². The summed E-state index contributed by atoms with van der Waals surface area (Å²) in [5, 5.41) is 57.5. The van der Waals surface area contributed by atoms with E-state index < -0.39 is 55.4 Å². The number of nitrogens with zero attached hydrogens (tertiary/aromatic N) is 1. The van der Waals surface area contributed by atoms with Gasteiger partial charge in [0.15, 0.2) is 6.29 Å². The molecule has 0 aromatic rings. The number of rotatable bonds is 4. The summed E-state index contributed by atoms with van der Waals surface area (Å²) in [4.78, 5) is 3.88. The van der Waals surface area contributed by atoms with Gasteiger partial charge in [-0.15, -0.1) is 0 Å². The van der Waals surface area contributed by atoms with E-state index >= 15 is 0 Å². The zero-order chi connectivity index (χ0) is 15.6. The summed E-state index contributed by atoms with van der Waals surface area (Å²) in [5.41, 5.74) is 0. The van der Waals surface area contributed by atoms with Gasteiger partial charge >= 0.3 is 0 Å². The van der Waals surface area contributed by atoms with Gasteiger partial charge in [-0.1, -0.05) is 0 Å².